The molecule has 4 heteroatoms. The molecule has 2 fully saturated rings. The molecular formula is C11H21N3O. The Morgan fingerprint density at radius 1 is 1.40 bits per heavy atom. The van der Waals surface area contributed by atoms with E-state index >= 15 is 0 Å². The first-order chi connectivity index (χ1) is 7.09. The average Bonchev–Trinajstić information content (AvgIpc) is 2.53. The van der Waals surface area contributed by atoms with E-state index in [9.17, 15) is 4.79 Å². The molecule has 3 unspecified atom stereocenters. The molecule has 0 aromatic heterocycles. The Hall–Kier alpha value is -0.610. The van der Waals surface area contributed by atoms with Crippen molar-refractivity contribution in [2.75, 3.05) is 20.3 Å². The van der Waals surface area contributed by atoms with Crippen molar-refractivity contribution in [1.82, 2.24) is 15.1 Å². The summed E-state index contributed by atoms with van der Waals surface area (Å²) in [6.07, 6.45) is 2.22. The van der Waals surface area contributed by atoms with Gasteiger partial charge in [0.2, 0.25) is 5.91 Å². The van der Waals surface area contributed by atoms with Gasteiger partial charge in [-0.3, -0.25) is 10.1 Å². The Bertz CT molecular complexity index is 256. The third kappa shape index (κ3) is 2.01. The van der Waals surface area contributed by atoms with Crippen molar-refractivity contribution in [3.8, 4) is 0 Å². The number of hydrogen-bond acceptors (Lipinski definition) is 3. The summed E-state index contributed by atoms with van der Waals surface area (Å²) in [5, 5.41) is 3.21. The third-order valence-electron chi connectivity index (χ3n) is 3.84. The number of likely N-dealkylation sites (tertiary alicyclic amines) is 1. The Kier molecular flexibility index (Phi) is 2.98. The van der Waals surface area contributed by atoms with Crippen LogP contribution < -0.4 is 5.32 Å². The average molecular weight is 211 g/mol. The van der Waals surface area contributed by atoms with Crippen LogP contribution in [0.2, 0.25) is 0 Å². The number of carbonyl (C=O) groups excluding carboxylic acids is 1. The van der Waals surface area contributed by atoms with Gasteiger partial charge in [-0.25, -0.2) is 0 Å². The van der Waals surface area contributed by atoms with Gasteiger partial charge in [-0.15, -0.1) is 0 Å². The molecule has 0 saturated carbocycles. The van der Waals surface area contributed by atoms with Crippen LogP contribution in [-0.2, 0) is 4.79 Å². The van der Waals surface area contributed by atoms with Crippen LogP contribution in [-0.4, -0.2) is 54.1 Å². The van der Waals surface area contributed by atoms with E-state index in [0.29, 0.717) is 12.1 Å². The largest absolute Gasteiger partial charge is 0.325 e. The van der Waals surface area contributed by atoms with Crippen LogP contribution in [0.15, 0.2) is 0 Å². The number of hydrogen-bond donors (Lipinski definition) is 1. The summed E-state index contributed by atoms with van der Waals surface area (Å²) in [7, 11) is 2.16. The van der Waals surface area contributed by atoms with Crippen LogP contribution in [0.4, 0.5) is 0 Å². The van der Waals surface area contributed by atoms with Crippen LogP contribution in [0.3, 0.4) is 0 Å². The van der Waals surface area contributed by atoms with Crippen molar-refractivity contribution in [3.63, 3.8) is 0 Å². The van der Waals surface area contributed by atoms with E-state index in [0.717, 1.165) is 26.1 Å². The lowest BCUT2D eigenvalue weighted by Gasteiger charge is -2.39. The highest BCUT2D eigenvalue weighted by atomic mass is 16.2. The fraction of sp³-hybridized carbons (Fsp3) is 0.909. The minimum absolute atomic E-state index is 0.0139. The molecule has 0 aromatic rings. The van der Waals surface area contributed by atoms with Crippen molar-refractivity contribution in [2.45, 2.75) is 44.8 Å². The summed E-state index contributed by atoms with van der Waals surface area (Å²) >= 11 is 0. The number of piperidine rings is 1. The fourth-order valence-electron chi connectivity index (χ4n) is 2.51. The maximum Gasteiger partial charge on any atom is 0.240 e. The van der Waals surface area contributed by atoms with Crippen molar-refractivity contribution in [2.24, 2.45) is 0 Å². The molecule has 1 amide bonds. The zero-order chi connectivity index (χ0) is 11.0. The molecule has 2 heterocycles. The van der Waals surface area contributed by atoms with Crippen molar-refractivity contribution < 1.29 is 4.79 Å². The second-order valence-corrected chi connectivity index (χ2v) is 4.90. The molecular weight excluding hydrogens is 190 g/mol. The zero-order valence-electron chi connectivity index (χ0n) is 9.86. The van der Waals surface area contributed by atoms with E-state index in [2.05, 4.69) is 24.2 Å². The van der Waals surface area contributed by atoms with E-state index in [4.69, 9.17) is 0 Å². The predicted octanol–water partition coefficient (Wildman–Crippen LogP) is 0.247. The molecule has 0 aromatic carbocycles. The zero-order valence-corrected chi connectivity index (χ0v) is 9.86. The topological polar surface area (TPSA) is 35.6 Å². The highest BCUT2D eigenvalue weighted by Gasteiger charge is 2.35. The van der Waals surface area contributed by atoms with Gasteiger partial charge in [-0.05, 0) is 33.7 Å². The highest BCUT2D eigenvalue weighted by Crippen LogP contribution is 2.22. The summed E-state index contributed by atoms with van der Waals surface area (Å²) in [4.78, 5) is 16.2. The van der Waals surface area contributed by atoms with Crippen LogP contribution in [0.5, 0.6) is 0 Å². The SMILES string of the molecule is CC1NCN(C2CCN(C)C(C)C2)C1=O. The molecule has 2 aliphatic rings. The maximum absolute atomic E-state index is 11.8. The first-order valence-corrected chi connectivity index (χ1v) is 5.83. The van der Waals surface area contributed by atoms with E-state index in [1.54, 1.807) is 0 Å². The van der Waals surface area contributed by atoms with Crippen LogP contribution in [0, 0.1) is 0 Å². The van der Waals surface area contributed by atoms with Gasteiger partial charge >= 0.3 is 0 Å². The number of nitrogens with zero attached hydrogens (tertiary/aromatic N) is 2. The third-order valence-corrected chi connectivity index (χ3v) is 3.84. The minimum atomic E-state index is 0.0139. The van der Waals surface area contributed by atoms with Gasteiger partial charge in [0.05, 0.1) is 12.7 Å². The van der Waals surface area contributed by atoms with Crippen molar-refractivity contribution >= 4 is 5.91 Å². The normalized spacial score (nSPS) is 38.7. The van der Waals surface area contributed by atoms with E-state index in [1.807, 2.05) is 11.8 Å². The summed E-state index contributed by atoms with van der Waals surface area (Å²) in [5.41, 5.74) is 0. The van der Waals surface area contributed by atoms with Crippen LogP contribution >= 0.6 is 0 Å². The predicted molar refractivity (Wildman–Crippen MR) is 59.4 cm³/mol. The van der Waals surface area contributed by atoms with E-state index in [-0.39, 0.29) is 11.9 Å². The Balaban J connectivity index is 1.97. The highest BCUT2D eigenvalue weighted by molar-refractivity contribution is 5.83. The number of nitrogens with one attached hydrogen (secondary N) is 1. The van der Waals surface area contributed by atoms with E-state index in [1.165, 1.54) is 0 Å². The molecule has 2 saturated heterocycles. The molecule has 15 heavy (non-hydrogen) atoms. The second kappa shape index (κ2) is 4.10. The molecule has 0 aliphatic carbocycles. The first-order valence-electron chi connectivity index (χ1n) is 5.83. The monoisotopic (exact) mass is 211 g/mol. The van der Waals surface area contributed by atoms with Crippen molar-refractivity contribution in [3.05, 3.63) is 0 Å². The van der Waals surface area contributed by atoms with E-state index < -0.39 is 0 Å². The smallest absolute Gasteiger partial charge is 0.240 e. The Labute approximate surface area is 91.6 Å². The van der Waals surface area contributed by atoms with Crippen molar-refractivity contribution in [1.29, 1.82) is 0 Å². The summed E-state index contributed by atoms with van der Waals surface area (Å²) in [6.45, 7) is 6.02. The summed E-state index contributed by atoms with van der Waals surface area (Å²) in [5.74, 6) is 0.275. The van der Waals surface area contributed by atoms with Gasteiger partial charge in [-0.2, -0.15) is 0 Å². The maximum atomic E-state index is 11.8. The molecule has 3 atom stereocenters. The number of rotatable bonds is 1. The van der Waals surface area contributed by atoms with Gasteiger partial charge in [0.15, 0.2) is 0 Å². The lowest BCUT2D eigenvalue weighted by molar-refractivity contribution is -0.131. The minimum Gasteiger partial charge on any atom is -0.325 e. The van der Waals surface area contributed by atoms with Gasteiger partial charge in [0, 0.05) is 18.6 Å². The first kappa shape index (κ1) is 10.9. The summed E-state index contributed by atoms with van der Waals surface area (Å²) in [6, 6.07) is 1.05. The number of amides is 1. The quantitative estimate of drug-likeness (QED) is 0.675. The molecule has 0 bridgehead atoms. The molecule has 2 rings (SSSR count). The second-order valence-electron chi connectivity index (χ2n) is 4.90. The fourth-order valence-corrected chi connectivity index (χ4v) is 2.51. The lowest BCUT2D eigenvalue weighted by atomic mass is 9.97. The van der Waals surface area contributed by atoms with Gasteiger partial charge < -0.3 is 9.80 Å². The van der Waals surface area contributed by atoms with Crippen LogP contribution in [0.1, 0.15) is 26.7 Å². The summed E-state index contributed by atoms with van der Waals surface area (Å²) < 4.78 is 0. The van der Waals surface area contributed by atoms with Gasteiger partial charge in [-0.1, -0.05) is 0 Å². The molecule has 86 valence electrons. The molecule has 2 aliphatic heterocycles. The molecule has 1 N–H and O–H groups in total. The molecule has 0 spiro atoms. The van der Waals surface area contributed by atoms with Gasteiger partial charge in [0.25, 0.3) is 0 Å². The molecule has 0 radical (unpaired) electrons. The van der Waals surface area contributed by atoms with Crippen LogP contribution in [0.25, 0.3) is 0 Å². The lowest BCUT2D eigenvalue weighted by Crippen LogP contribution is -2.48. The Morgan fingerprint density at radius 2 is 2.13 bits per heavy atom. The Morgan fingerprint density at radius 3 is 2.67 bits per heavy atom. The number of carbonyl (C=O) groups is 1. The molecule has 4 nitrogen and oxygen atoms in total. The van der Waals surface area contributed by atoms with Gasteiger partial charge in [0.1, 0.15) is 0 Å². The standard InChI is InChI=1S/C11H21N3O/c1-8-6-10(4-5-13(8)3)14-7-12-9(2)11(14)15/h8-10,12H,4-7H2,1-3H3.